The van der Waals surface area contributed by atoms with Crippen molar-refractivity contribution in [2.24, 2.45) is 0 Å². The smallest absolute Gasteiger partial charge is 0.338 e. The number of carbonyl (C=O) groups excluding carboxylic acids is 1. The summed E-state index contributed by atoms with van der Waals surface area (Å²) in [7, 11) is 0. The second kappa shape index (κ2) is 5.71. The van der Waals surface area contributed by atoms with E-state index in [0.29, 0.717) is 0 Å². The van der Waals surface area contributed by atoms with Gasteiger partial charge in [-0.25, -0.2) is 15.1 Å². The Hall–Kier alpha value is -2.09. The summed E-state index contributed by atoms with van der Waals surface area (Å²) < 4.78 is 0. The highest BCUT2D eigenvalue weighted by Crippen LogP contribution is 2.00. The molecule has 2 amide bonds. The topological polar surface area (TPSA) is 116 Å². The van der Waals surface area contributed by atoms with Crippen molar-refractivity contribution in [2.45, 2.75) is 13.5 Å². The maximum absolute atomic E-state index is 11.1. The molecule has 1 heterocycles. The zero-order chi connectivity index (χ0) is 12.0. The molecule has 4 N–H and O–H groups in total. The molecule has 0 aliphatic heterocycles. The summed E-state index contributed by atoms with van der Waals surface area (Å²) in [6.07, 6.45) is 1.59. The van der Waals surface area contributed by atoms with Crippen molar-refractivity contribution in [1.29, 1.82) is 0 Å². The minimum atomic E-state index is -1.16. The SMILES string of the molecule is Cc1[nH]ncc1CNC(=O)NOCC(=O)O. The molecule has 0 radical (unpaired) electrons. The Bertz CT molecular complexity index is 376. The van der Waals surface area contributed by atoms with Crippen LogP contribution >= 0.6 is 0 Å². The number of aromatic nitrogens is 2. The maximum atomic E-state index is 11.1. The number of nitrogens with one attached hydrogen (secondary N) is 3. The van der Waals surface area contributed by atoms with Crippen molar-refractivity contribution in [3.05, 3.63) is 17.5 Å². The third kappa shape index (κ3) is 3.96. The lowest BCUT2D eigenvalue weighted by Crippen LogP contribution is -2.36. The third-order valence-corrected chi connectivity index (χ3v) is 1.73. The largest absolute Gasteiger partial charge is 0.479 e. The predicted octanol–water partition coefficient (Wildman–Crippen LogP) is -0.466. The van der Waals surface area contributed by atoms with E-state index in [9.17, 15) is 9.59 Å². The van der Waals surface area contributed by atoms with Gasteiger partial charge in [0.1, 0.15) is 0 Å². The zero-order valence-electron chi connectivity index (χ0n) is 8.61. The Labute approximate surface area is 90.9 Å². The number of nitrogens with zero attached hydrogens (tertiary/aromatic N) is 1. The maximum Gasteiger partial charge on any atom is 0.338 e. The van der Waals surface area contributed by atoms with Crippen LogP contribution in [0, 0.1) is 6.92 Å². The van der Waals surface area contributed by atoms with Gasteiger partial charge in [0, 0.05) is 17.8 Å². The van der Waals surface area contributed by atoms with Crippen LogP contribution in [0.25, 0.3) is 0 Å². The van der Waals surface area contributed by atoms with Crippen molar-refractivity contribution in [3.63, 3.8) is 0 Å². The first-order valence-electron chi connectivity index (χ1n) is 4.46. The van der Waals surface area contributed by atoms with Gasteiger partial charge in [-0.3, -0.25) is 9.94 Å². The molecule has 0 aliphatic carbocycles. The van der Waals surface area contributed by atoms with Gasteiger partial charge < -0.3 is 10.4 Å². The Balaban J connectivity index is 2.20. The van der Waals surface area contributed by atoms with Gasteiger partial charge in [0.05, 0.1) is 6.20 Å². The number of H-pyrrole nitrogens is 1. The molecule has 1 aromatic heterocycles. The van der Waals surface area contributed by atoms with Crippen LogP contribution in [-0.2, 0) is 16.2 Å². The first kappa shape index (κ1) is 12.0. The first-order valence-corrected chi connectivity index (χ1v) is 4.46. The van der Waals surface area contributed by atoms with E-state index < -0.39 is 18.6 Å². The van der Waals surface area contributed by atoms with E-state index in [1.54, 1.807) is 6.20 Å². The number of carboxylic acid groups (broad SMARTS) is 1. The van der Waals surface area contributed by atoms with Gasteiger partial charge in [0.15, 0.2) is 6.61 Å². The molecule has 1 aromatic rings. The minimum Gasteiger partial charge on any atom is -0.479 e. The van der Waals surface area contributed by atoms with Gasteiger partial charge in [-0.1, -0.05) is 0 Å². The number of hydrogen-bond donors (Lipinski definition) is 4. The van der Waals surface area contributed by atoms with Gasteiger partial charge in [-0.2, -0.15) is 5.10 Å². The lowest BCUT2D eigenvalue weighted by molar-refractivity contribution is -0.144. The number of amides is 2. The van der Waals surface area contributed by atoms with Gasteiger partial charge in [-0.05, 0) is 6.92 Å². The van der Waals surface area contributed by atoms with Crippen LogP contribution in [-0.4, -0.2) is 33.9 Å². The number of hydroxylamine groups is 1. The first-order chi connectivity index (χ1) is 7.59. The number of aryl methyl sites for hydroxylation is 1. The molecule has 0 aromatic carbocycles. The van der Waals surface area contributed by atoms with E-state index >= 15 is 0 Å². The molecule has 0 unspecified atom stereocenters. The predicted molar refractivity (Wildman–Crippen MR) is 52.3 cm³/mol. The van der Waals surface area contributed by atoms with Crippen LogP contribution in [0.1, 0.15) is 11.3 Å². The van der Waals surface area contributed by atoms with E-state index in [2.05, 4.69) is 20.4 Å². The monoisotopic (exact) mass is 228 g/mol. The fourth-order valence-electron chi connectivity index (χ4n) is 0.929. The summed E-state index contributed by atoms with van der Waals surface area (Å²) in [5, 5.41) is 17.2. The molecule has 16 heavy (non-hydrogen) atoms. The van der Waals surface area contributed by atoms with Crippen molar-refractivity contribution < 1.29 is 19.5 Å². The van der Waals surface area contributed by atoms with Crippen LogP contribution in [0.5, 0.6) is 0 Å². The normalized spacial score (nSPS) is 9.81. The molecule has 8 nitrogen and oxygen atoms in total. The molecule has 0 aliphatic rings. The number of aliphatic carboxylic acids is 1. The van der Waals surface area contributed by atoms with Crippen LogP contribution < -0.4 is 10.8 Å². The zero-order valence-corrected chi connectivity index (χ0v) is 8.61. The van der Waals surface area contributed by atoms with Gasteiger partial charge in [0.25, 0.3) is 0 Å². The van der Waals surface area contributed by atoms with Crippen molar-refractivity contribution >= 4 is 12.0 Å². The van der Waals surface area contributed by atoms with Crippen molar-refractivity contribution in [1.82, 2.24) is 21.0 Å². The van der Waals surface area contributed by atoms with Crippen LogP contribution in [0.3, 0.4) is 0 Å². The second-order valence-corrected chi connectivity index (χ2v) is 2.99. The fourth-order valence-corrected chi connectivity index (χ4v) is 0.929. The molecule has 0 saturated heterocycles. The van der Waals surface area contributed by atoms with Gasteiger partial charge in [-0.15, -0.1) is 0 Å². The van der Waals surface area contributed by atoms with Crippen molar-refractivity contribution in [2.75, 3.05) is 6.61 Å². The Morgan fingerprint density at radius 2 is 2.38 bits per heavy atom. The highest BCUT2D eigenvalue weighted by atomic mass is 16.7. The van der Waals surface area contributed by atoms with E-state index in [4.69, 9.17) is 5.11 Å². The number of rotatable bonds is 5. The molecule has 0 spiro atoms. The number of carboxylic acids is 1. The van der Waals surface area contributed by atoms with Gasteiger partial charge >= 0.3 is 12.0 Å². The quantitative estimate of drug-likeness (QED) is 0.508. The minimum absolute atomic E-state index is 0.282. The van der Waals surface area contributed by atoms with Crippen LogP contribution in [0.2, 0.25) is 0 Å². The summed E-state index contributed by atoms with van der Waals surface area (Å²) in [4.78, 5) is 25.5. The summed E-state index contributed by atoms with van der Waals surface area (Å²) >= 11 is 0. The summed E-state index contributed by atoms with van der Waals surface area (Å²) in [5.74, 6) is -1.16. The molecule has 0 bridgehead atoms. The van der Waals surface area contributed by atoms with E-state index in [1.165, 1.54) is 0 Å². The molecular formula is C8H12N4O4. The summed E-state index contributed by atoms with van der Waals surface area (Å²) in [6, 6.07) is -0.609. The molecule has 88 valence electrons. The highest BCUT2D eigenvalue weighted by Gasteiger charge is 2.04. The number of aromatic amines is 1. The average molecular weight is 228 g/mol. The van der Waals surface area contributed by atoms with Gasteiger partial charge in [0.2, 0.25) is 0 Å². The van der Waals surface area contributed by atoms with Crippen LogP contribution in [0.15, 0.2) is 6.20 Å². The summed E-state index contributed by atoms with van der Waals surface area (Å²) in [5.41, 5.74) is 3.63. The highest BCUT2D eigenvalue weighted by molar-refractivity contribution is 5.73. The molecule has 8 heteroatoms. The lowest BCUT2D eigenvalue weighted by Gasteiger charge is -2.05. The Kier molecular flexibility index (Phi) is 4.28. The van der Waals surface area contributed by atoms with E-state index in [-0.39, 0.29) is 6.54 Å². The standard InChI is InChI=1S/C8H12N4O4/c1-5-6(3-10-11-5)2-9-8(15)12-16-4-7(13)14/h3H,2,4H2,1H3,(H,10,11)(H,13,14)(H2,9,12,15). The second-order valence-electron chi connectivity index (χ2n) is 2.99. The molecular weight excluding hydrogens is 216 g/mol. The number of carbonyl (C=O) groups is 2. The van der Waals surface area contributed by atoms with Crippen LogP contribution in [0.4, 0.5) is 4.79 Å². The number of urea groups is 1. The molecule has 0 saturated carbocycles. The average Bonchev–Trinajstić information content (AvgIpc) is 2.60. The molecule has 0 fully saturated rings. The molecule has 0 atom stereocenters. The number of hydrogen-bond acceptors (Lipinski definition) is 4. The molecule has 1 rings (SSSR count). The third-order valence-electron chi connectivity index (χ3n) is 1.73. The van der Waals surface area contributed by atoms with E-state index in [1.807, 2.05) is 12.4 Å². The Morgan fingerprint density at radius 1 is 1.62 bits per heavy atom. The Morgan fingerprint density at radius 3 is 2.94 bits per heavy atom. The fraction of sp³-hybridized carbons (Fsp3) is 0.375. The summed E-state index contributed by atoms with van der Waals surface area (Å²) in [6.45, 7) is 1.52. The lowest BCUT2D eigenvalue weighted by atomic mass is 10.3. The van der Waals surface area contributed by atoms with Crippen molar-refractivity contribution in [3.8, 4) is 0 Å². The van der Waals surface area contributed by atoms with E-state index in [0.717, 1.165) is 11.3 Å².